The summed E-state index contributed by atoms with van der Waals surface area (Å²) < 4.78 is 39.5. The summed E-state index contributed by atoms with van der Waals surface area (Å²) in [7, 11) is 3.73. The van der Waals surface area contributed by atoms with Gasteiger partial charge in [0, 0.05) is 80.8 Å². The summed E-state index contributed by atoms with van der Waals surface area (Å²) in [5.74, 6) is -0.259. The molecule has 236 valence electrons. The molecule has 0 bridgehead atoms. The fraction of sp³-hybridized carbons (Fsp3) is 0.312. The van der Waals surface area contributed by atoms with Crippen molar-refractivity contribution in [2.75, 3.05) is 62.0 Å². The van der Waals surface area contributed by atoms with Gasteiger partial charge in [0.1, 0.15) is 6.61 Å². The molecule has 1 aliphatic rings. The van der Waals surface area contributed by atoms with Crippen LogP contribution in [0.1, 0.15) is 6.92 Å². The summed E-state index contributed by atoms with van der Waals surface area (Å²) in [4.78, 5) is 36.6. The van der Waals surface area contributed by atoms with E-state index in [-0.39, 0.29) is 42.2 Å². The van der Waals surface area contributed by atoms with Gasteiger partial charge in [-0.2, -0.15) is 8.78 Å². The molecule has 1 amide bonds. The zero-order valence-corrected chi connectivity index (χ0v) is 25.3. The van der Waals surface area contributed by atoms with Crippen molar-refractivity contribution in [1.29, 1.82) is 0 Å². The van der Waals surface area contributed by atoms with Crippen molar-refractivity contribution in [3.63, 3.8) is 0 Å². The highest BCUT2D eigenvalue weighted by atomic mass is 19.3. The SMILES string of the molecule is C=C(CNc1cc(Nc2nccc(-c3cn(C)c4ccccc34)n2)c(OC(F)F)cc1N(C)CCN1CCOCC1=O)C(C)=O. The van der Waals surface area contributed by atoms with Crippen LogP contribution in [0.5, 0.6) is 5.75 Å². The van der Waals surface area contributed by atoms with E-state index >= 15 is 0 Å². The van der Waals surface area contributed by atoms with Gasteiger partial charge in [-0.1, -0.05) is 24.8 Å². The van der Waals surface area contributed by atoms with Crippen molar-refractivity contribution in [3.05, 3.63) is 67.0 Å². The van der Waals surface area contributed by atoms with Gasteiger partial charge in [0.15, 0.2) is 11.5 Å². The lowest BCUT2D eigenvalue weighted by Gasteiger charge is -2.30. The number of hydrogen-bond acceptors (Lipinski definition) is 9. The number of ketones is 1. The molecule has 0 spiro atoms. The smallest absolute Gasteiger partial charge is 0.387 e. The largest absolute Gasteiger partial charge is 0.433 e. The molecule has 2 N–H and O–H groups in total. The molecule has 0 radical (unpaired) electrons. The summed E-state index contributed by atoms with van der Waals surface area (Å²) in [6.45, 7) is 4.00. The molecule has 13 heteroatoms. The number of amides is 1. The summed E-state index contributed by atoms with van der Waals surface area (Å²) in [6, 6.07) is 12.8. The molecule has 0 atom stereocenters. The summed E-state index contributed by atoms with van der Waals surface area (Å²) in [5, 5.41) is 7.26. The van der Waals surface area contributed by atoms with E-state index in [0.29, 0.717) is 48.9 Å². The lowest BCUT2D eigenvalue weighted by Crippen LogP contribution is -2.45. The van der Waals surface area contributed by atoms with Gasteiger partial charge in [-0.25, -0.2) is 9.97 Å². The first-order chi connectivity index (χ1) is 21.6. The number of carbonyl (C=O) groups excluding carboxylic acids is 2. The number of nitrogens with one attached hydrogen (secondary N) is 2. The third-order valence-electron chi connectivity index (χ3n) is 7.58. The van der Waals surface area contributed by atoms with Crippen LogP contribution >= 0.6 is 0 Å². The molecule has 11 nitrogen and oxygen atoms in total. The molecule has 0 saturated carbocycles. The van der Waals surface area contributed by atoms with E-state index in [1.165, 1.54) is 13.0 Å². The van der Waals surface area contributed by atoms with Crippen molar-refractivity contribution in [3.8, 4) is 17.0 Å². The number of anilines is 4. The second-order valence-electron chi connectivity index (χ2n) is 10.7. The Hall–Kier alpha value is -5.04. The highest BCUT2D eigenvalue weighted by Gasteiger charge is 2.22. The number of hydrogen-bond donors (Lipinski definition) is 2. The van der Waals surface area contributed by atoms with Crippen LogP contribution in [0.25, 0.3) is 22.2 Å². The van der Waals surface area contributed by atoms with Gasteiger partial charge >= 0.3 is 6.61 Å². The summed E-state index contributed by atoms with van der Waals surface area (Å²) in [5.41, 5.74) is 4.13. The number of carbonyl (C=O) groups is 2. The quantitative estimate of drug-likeness (QED) is 0.203. The average molecular weight is 620 g/mol. The number of alkyl halides is 2. The minimum Gasteiger partial charge on any atom is -0.433 e. The van der Waals surface area contributed by atoms with Crippen molar-refractivity contribution in [1.82, 2.24) is 19.4 Å². The third kappa shape index (κ3) is 7.37. The fourth-order valence-electron chi connectivity index (χ4n) is 5.06. The second kappa shape index (κ2) is 13.7. The molecule has 2 aromatic heterocycles. The lowest BCUT2D eigenvalue weighted by atomic mass is 10.1. The van der Waals surface area contributed by atoms with Gasteiger partial charge in [-0.3, -0.25) is 9.59 Å². The molecule has 0 unspecified atom stereocenters. The number of fused-ring (bicyclic) bond motifs is 1. The number of aryl methyl sites for hydroxylation is 1. The normalized spacial score (nSPS) is 13.3. The molecule has 5 rings (SSSR count). The number of morpholine rings is 1. The van der Waals surface area contributed by atoms with E-state index in [4.69, 9.17) is 9.47 Å². The summed E-state index contributed by atoms with van der Waals surface area (Å²) in [6.07, 6.45) is 3.56. The maximum atomic E-state index is 13.7. The molecule has 1 aliphatic heterocycles. The van der Waals surface area contributed by atoms with Crippen LogP contribution in [0.3, 0.4) is 0 Å². The van der Waals surface area contributed by atoms with E-state index in [9.17, 15) is 18.4 Å². The van der Waals surface area contributed by atoms with E-state index in [2.05, 4.69) is 27.2 Å². The Bertz CT molecular complexity index is 1730. The zero-order chi connectivity index (χ0) is 32.1. The van der Waals surface area contributed by atoms with Crippen LogP contribution in [0.2, 0.25) is 0 Å². The minimum atomic E-state index is -3.10. The van der Waals surface area contributed by atoms with E-state index < -0.39 is 6.61 Å². The highest BCUT2D eigenvalue weighted by Crippen LogP contribution is 2.39. The first kappa shape index (κ1) is 31.4. The number of benzene rings is 2. The fourth-order valence-corrected chi connectivity index (χ4v) is 5.06. The number of ether oxygens (including phenoxy) is 2. The van der Waals surface area contributed by atoms with Crippen LogP contribution in [-0.4, -0.2) is 84.2 Å². The minimum absolute atomic E-state index is 0.0280. The standard InChI is InChI=1S/C32H35F2N7O4/c1-20(21(2)42)17-36-25-15-26(29(45-31(33)34)16-28(25)39(3)11-12-41-13-14-44-19-30(41)43)38-32-35-10-9-24(37-32)23-18-40(4)27-8-6-5-7-22(23)27/h5-10,15-16,18,31,36H,1,11-14,17,19H2,2-4H3,(H,35,37,38). The lowest BCUT2D eigenvalue weighted by molar-refractivity contribution is -0.142. The predicted molar refractivity (Wildman–Crippen MR) is 169 cm³/mol. The Balaban J connectivity index is 1.48. The highest BCUT2D eigenvalue weighted by molar-refractivity contribution is 5.95. The van der Waals surface area contributed by atoms with Crippen LogP contribution in [0.15, 0.2) is 67.0 Å². The number of nitrogens with zero attached hydrogens (tertiary/aromatic N) is 5. The van der Waals surface area contributed by atoms with E-state index in [1.807, 2.05) is 47.0 Å². The molecule has 45 heavy (non-hydrogen) atoms. The predicted octanol–water partition coefficient (Wildman–Crippen LogP) is 4.83. The maximum Gasteiger partial charge on any atom is 0.387 e. The number of aromatic nitrogens is 3. The molecule has 4 aromatic rings. The van der Waals surface area contributed by atoms with Crippen LogP contribution in [0.4, 0.5) is 31.8 Å². The Morgan fingerprint density at radius 3 is 2.78 bits per heavy atom. The Morgan fingerprint density at radius 2 is 2.02 bits per heavy atom. The molecule has 3 heterocycles. The first-order valence-electron chi connectivity index (χ1n) is 14.4. The monoisotopic (exact) mass is 619 g/mol. The van der Waals surface area contributed by atoms with Crippen molar-refractivity contribution >= 4 is 45.6 Å². The van der Waals surface area contributed by atoms with Gasteiger partial charge < -0.3 is 34.5 Å². The van der Waals surface area contributed by atoms with Crippen molar-refractivity contribution in [2.24, 2.45) is 7.05 Å². The molecule has 1 saturated heterocycles. The number of para-hydroxylation sites is 1. The molecular weight excluding hydrogens is 584 g/mol. The second-order valence-corrected chi connectivity index (χ2v) is 10.7. The van der Waals surface area contributed by atoms with Gasteiger partial charge in [-0.05, 0) is 25.1 Å². The molecule has 2 aromatic carbocycles. The number of likely N-dealkylation sites (N-methyl/N-ethyl adjacent to an activating group) is 1. The number of Topliss-reactive ketones (excluding diaryl/α,β-unsaturated/α-hetero) is 1. The van der Waals surface area contributed by atoms with Crippen molar-refractivity contribution in [2.45, 2.75) is 13.5 Å². The topological polar surface area (TPSA) is 114 Å². The Kier molecular flexibility index (Phi) is 9.57. The zero-order valence-electron chi connectivity index (χ0n) is 25.3. The van der Waals surface area contributed by atoms with Crippen LogP contribution in [0, 0.1) is 0 Å². The molecular formula is C32H35F2N7O4. The van der Waals surface area contributed by atoms with Crippen molar-refractivity contribution < 1.29 is 27.8 Å². The Labute approximate surface area is 259 Å². The van der Waals surface area contributed by atoms with Gasteiger partial charge in [0.2, 0.25) is 11.9 Å². The van der Waals surface area contributed by atoms with Crippen LogP contribution in [-0.2, 0) is 21.4 Å². The molecule has 1 fully saturated rings. The van der Waals surface area contributed by atoms with Gasteiger partial charge in [-0.15, -0.1) is 0 Å². The van der Waals surface area contributed by atoms with Crippen LogP contribution < -0.4 is 20.3 Å². The maximum absolute atomic E-state index is 13.7. The van der Waals surface area contributed by atoms with E-state index in [1.54, 1.807) is 30.3 Å². The number of rotatable bonds is 13. The van der Waals surface area contributed by atoms with E-state index in [0.717, 1.165) is 16.5 Å². The van der Waals surface area contributed by atoms with Gasteiger partial charge in [0.05, 0.1) is 29.4 Å². The average Bonchev–Trinajstić information content (AvgIpc) is 3.36. The van der Waals surface area contributed by atoms with Gasteiger partial charge in [0.25, 0.3) is 0 Å². The number of halogens is 2. The Morgan fingerprint density at radius 1 is 1.22 bits per heavy atom. The summed E-state index contributed by atoms with van der Waals surface area (Å²) >= 11 is 0. The first-order valence-corrected chi connectivity index (χ1v) is 14.4. The molecule has 0 aliphatic carbocycles. The third-order valence-corrected chi connectivity index (χ3v) is 7.58.